The second kappa shape index (κ2) is 8.35. The van der Waals surface area contributed by atoms with Crippen LogP contribution in [-0.2, 0) is 0 Å². The first-order valence-corrected chi connectivity index (χ1v) is 7.80. The van der Waals surface area contributed by atoms with E-state index in [-0.39, 0.29) is 0 Å². The Morgan fingerprint density at radius 2 is 2.00 bits per heavy atom. The molecule has 5 nitrogen and oxygen atoms in total. The van der Waals surface area contributed by atoms with Crippen molar-refractivity contribution in [3.8, 4) is 0 Å². The van der Waals surface area contributed by atoms with Crippen molar-refractivity contribution in [2.24, 2.45) is 5.84 Å². The monoisotopic (exact) mass is 283 g/mol. The third-order valence-corrected chi connectivity index (χ3v) is 3.83. The molecule has 0 bridgehead atoms. The number of nitrogens with two attached hydrogens (primary N) is 1. The van der Waals surface area contributed by atoms with Crippen LogP contribution in [0, 0.1) is 0 Å². The van der Waals surface area contributed by atoms with Crippen molar-refractivity contribution in [2.45, 2.75) is 38.6 Å². The third kappa shape index (κ3) is 5.34. The predicted molar refractivity (Wildman–Crippen MR) is 82.4 cm³/mol. The minimum Gasteiger partial charge on any atom is -0.308 e. The molecular weight excluding hydrogens is 258 g/mol. The second-order valence-corrected chi connectivity index (χ2v) is 5.74. The second-order valence-electron chi connectivity index (χ2n) is 4.62. The van der Waals surface area contributed by atoms with Crippen LogP contribution in [0.1, 0.15) is 39.4 Å². The fourth-order valence-corrected chi connectivity index (χ4v) is 2.58. The predicted octanol–water partition coefficient (Wildman–Crippen LogP) is 2.32. The summed E-state index contributed by atoms with van der Waals surface area (Å²) in [6, 6.07) is 1.90. The quantitative estimate of drug-likeness (QED) is 0.330. The summed E-state index contributed by atoms with van der Waals surface area (Å²) in [6.07, 6.45) is 0. The van der Waals surface area contributed by atoms with E-state index in [1.807, 2.05) is 6.07 Å². The molecule has 0 spiro atoms. The number of nitrogen functional groups attached to an aromatic ring is 1. The number of hydrogen-bond acceptors (Lipinski definition) is 6. The Kier molecular flexibility index (Phi) is 7.12. The summed E-state index contributed by atoms with van der Waals surface area (Å²) in [7, 11) is 0. The van der Waals surface area contributed by atoms with Gasteiger partial charge in [-0.05, 0) is 13.1 Å². The van der Waals surface area contributed by atoms with Crippen LogP contribution in [0.3, 0.4) is 0 Å². The average Bonchev–Trinajstić information content (AvgIpc) is 2.43. The molecule has 3 N–H and O–H groups in total. The van der Waals surface area contributed by atoms with Gasteiger partial charge < -0.3 is 10.3 Å². The Balaban J connectivity index is 2.64. The van der Waals surface area contributed by atoms with E-state index in [1.165, 1.54) is 0 Å². The van der Waals surface area contributed by atoms with Gasteiger partial charge in [-0.2, -0.15) is 0 Å². The highest BCUT2D eigenvalue weighted by molar-refractivity contribution is 7.99. The molecule has 0 aliphatic carbocycles. The summed E-state index contributed by atoms with van der Waals surface area (Å²) in [4.78, 5) is 11.3. The van der Waals surface area contributed by atoms with Crippen LogP contribution >= 0.6 is 11.8 Å². The van der Waals surface area contributed by atoms with Crippen LogP contribution in [0.2, 0.25) is 0 Å². The van der Waals surface area contributed by atoms with E-state index in [0.717, 1.165) is 36.2 Å². The smallest absolute Gasteiger partial charge is 0.144 e. The Bertz CT molecular complexity index is 379. The lowest BCUT2D eigenvalue weighted by atomic mass is 10.2. The van der Waals surface area contributed by atoms with Gasteiger partial charge >= 0.3 is 0 Å². The number of nitrogens with zero attached hydrogens (tertiary/aromatic N) is 3. The maximum atomic E-state index is 5.45. The Hall–Kier alpha value is -0.850. The highest BCUT2D eigenvalue weighted by atomic mass is 32.2. The molecule has 0 saturated carbocycles. The molecule has 0 atom stereocenters. The molecule has 1 rings (SSSR count). The number of aromatic nitrogens is 2. The van der Waals surface area contributed by atoms with Crippen LogP contribution in [0.15, 0.2) is 11.1 Å². The van der Waals surface area contributed by atoms with Crippen molar-refractivity contribution in [3.63, 3.8) is 0 Å². The fourth-order valence-electron chi connectivity index (χ4n) is 1.67. The molecule has 0 saturated heterocycles. The number of hydrazine groups is 1. The van der Waals surface area contributed by atoms with E-state index in [2.05, 4.69) is 48.0 Å². The standard InChI is InChI=1S/C13H25N5S/c1-5-18(6-2)7-8-19-12-9-11(17-14)15-13(16-12)10(3)4/h9-10H,5-8,14H2,1-4H3,(H,15,16,17). The number of nitrogens with one attached hydrogen (secondary N) is 1. The lowest BCUT2D eigenvalue weighted by molar-refractivity contribution is 0.324. The zero-order valence-corrected chi connectivity index (χ0v) is 13.1. The van der Waals surface area contributed by atoms with Gasteiger partial charge in [0.25, 0.3) is 0 Å². The largest absolute Gasteiger partial charge is 0.308 e. The maximum absolute atomic E-state index is 5.45. The summed E-state index contributed by atoms with van der Waals surface area (Å²) in [6.45, 7) is 11.8. The number of anilines is 1. The molecule has 0 unspecified atom stereocenters. The van der Waals surface area contributed by atoms with Gasteiger partial charge in [0.2, 0.25) is 0 Å². The SMILES string of the molecule is CCN(CC)CCSc1cc(NN)nc(C(C)C)n1. The first-order chi connectivity index (χ1) is 9.10. The lowest BCUT2D eigenvalue weighted by Crippen LogP contribution is -2.25. The van der Waals surface area contributed by atoms with Crippen molar-refractivity contribution in [1.29, 1.82) is 0 Å². The highest BCUT2D eigenvalue weighted by Crippen LogP contribution is 2.21. The maximum Gasteiger partial charge on any atom is 0.144 e. The van der Waals surface area contributed by atoms with Crippen molar-refractivity contribution in [1.82, 2.24) is 14.9 Å². The topological polar surface area (TPSA) is 67.1 Å². The van der Waals surface area contributed by atoms with Crippen molar-refractivity contribution >= 4 is 17.6 Å². The minimum absolute atomic E-state index is 0.301. The summed E-state index contributed by atoms with van der Waals surface area (Å²) in [5.74, 6) is 8.30. The number of hydrogen-bond donors (Lipinski definition) is 2. The summed E-state index contributed by atoms with van der Waals surface area (Å²) < 4.78 is 0. The first-order valence-electron chi connectivity index (χ1n) is 6.81. The van der Waals surface area contributed by atoms with Gasteiger partial charge in [-0.15, -0.1) is 11.8 Å². The number of thioether (sulfide) groups is 1. The fraction of sp³-hybridized carbons (Fsp3) is 0.692. The number of rotatable bonds is 8. The summed E-state index contributed by atoms with van der Waals surface area (Å²) in [5, 5.41) is 0.985. The van der Waals surface area contributed by atoms with E-state index >= 15 is 0 Å². The molecule has 0 fully saturated rings. The molecule has 19 heavy (non-hydrogen) atoms. The van der Waals surface area contributed by atoms with Gasteiger partial charge in [-0.1, -0.05) is 27.7 Å². The lowest BCUT2D eigenvalue weighted by Gasteiger charge is -2.17. The average molecular weight is 283 g/mol. The van der Waals surface area contributed by atoms with E-state index < -0.39 is 0 Å². The molecule has 6 heteroatoms. The van der Waals surface area contributed by atoms with Gasteiger partial charge in [-0.3, -0.25) is 0 Å². The Labute approximate surface area is 120 Å². The van der Waals surface area contributed by atoms with Crippen LogP contribution in [0.4, 0.5) is 5.82 Å². The summed E-state index contributed by atoms with van der Waals surface area (Å²) >= 11 is 1.75. The molecule has 0 amide bonds. The highest BCUT2D eigenvalue weighted by Gasteiger charge is 2.08. The van der Waals surface area contributed by atoms with Gasteiger partial charge in [0.05, 0.1) is 0 Å². The van der Waals surface area contributed by atoms with Crippen LogP contribution in [-0.4, -0.2) is 40.3 Å². The van der Waals surface area contributed by atoms with Crippen molar-refractivity contribution < 1.29 is 0 Å². The molecule has 1 aromatic heterocycles. The van der Waals surface area contributed by atoms with Gasteiger partial charge in [-0.25, -0.2) is 15.8 Å². The zero-order valence-electron chi connectivity index (χ0n) is 12.3. The molecular formula is C13H25N5S. The van der Waals surface area contributed by atoms with Crippen LogP contribution in [0.25, 0.3) is 0 Å². The van der Waals surface area contributed by atoms with Gasteiger partial charge in [0.15, 0.2) is 0 Å². The molecule has 0 aliphatic heterocycles. The van der Waals surface area contributed by atoms with E-state index in [0.29, 0.717) is 11.7 Å². The minimum atomic E-state index is 0.301. The zero-order chi connectivity index (χ0) is 14.3. The molecule has 0 aliphatic rings. The normalized spacial score (nSPS) is 11.3. The van der Waals surface area contributed by atoms with E-state index in [9.17, 15) is 0 Å². The Morgan fingerprint density at radius 3 is 2.53 bits per heavy atom. The molecule has 0 radical (unpaired) electrons. The van der Waals surface area contributed by atoms with E-state index in [1.54, 1.807) is 11.8 Å². The van der Waals surface area contributed by atoms with E-state index in [4.69, 9.17) is 5.84 Å². The molecule has 1 aromatic rings. The van der Waals surface area contributed by atoms with Gasteiger partial charge in [0.1, 0.15) is 16.7 Å². The van der Waals surface area contributed by atoms with Crippen LogP contribution < -0.4 is 11.3 Å². The molecule has 0 aromatic carbocycles. The molecule has 1 heterocycles. The third-order valence-electron chi connectivity index (χ3n) is 2.94. The van der Waals surface area contributed by atoms with Crippen molar-refractivity contribution in [3.05, 3.63) is 11.9 Å². The Morgan fingerprint density at radius 1 is 1.32 bits per heavy atom. The van der Waals surface area contributed by atoms with Crippen molar-refractivity contribution in [2.75, 3.05) is 30.8 Å². The van der Waals surface area contributed by atoms with Crippen LogP contribution in [0.5, 0.6) is 0 Å². The molecule has 108 valence electrons. The first kappa shape index (κ1) is 16.2. The van der Waals surface area contributed by atoms with Gasteiger partial charge in [0, 0.05) is 24.3 Å². The summed E-state index contributed by atoms with van der Waals surface area (Å²) in [5.41, 5.74) is 2.61.